The molecular weight excluding hydrogens is 515 g/mol. The Morgan fingerprint density at radius 2 is 2.00 bits per heavy atom. The van der Waals surface area contributed by atoms with Crippen LogP contribution in [0, 0.1) is 5.92 Å². The molecule has 0 bridgehead atoms. The molecule has 0 spiro atoms. The molecule has 3 rings (SSSR count). The van der Waals surface area contributed by atoms with E-state index >= 15 is 0 Å². The number of benzene rings is 1. The first kappa shape index (κ1) is 26.4. The number of nitrogens with zero attached hydrogens (tertiary/aromatic N) is 5. The summed E-state index contributed by atoms with van der Waals surface area (Å²) < 4.78 is 8.12. The lowest BCUT2D eigenvalue weighted by atomic mass is 9.93. The average Bonchev–Trinajstić information content (AvgIpc) is 3.34. The zero-order chi connectivity index (χ0) is 22.1. The van der Waals surface area contributed by atoms with E-state index in [0.717, 1.165) is 64.0 Å². The molecule has 178 valence electrons. The molecule has 1 aliphatic rings. The zero-order valence-corrected chi connectivity index (χ0v) is 22.2. The summed E-state index contributed by atoms with van der Waals surface area (Å²) in [5.41, 5.74) is 1.22. The zero-order valence-electron chi connectivity index (χ0n) is 19.9. The second-order valence-corrected chi connectivity index (χ2v) is 8.21. The summed E-state index contributed by atoms with van der Waals surface area (Å²) in [5, 5.41) is 3.53. The lowest BCUT2D eigenvalue weighted by Gasteiger charge is -2.39. The fourth-order valence-corrected chi connectivity index (χ4v) is 4.14. The second-order valence-electron chi connectivity index (χ2n) is 8.21. The van der Waals surface area contributed by atoms with Gasteiger partial charge in [-0.05, 0) is 43.1 Å². The van der Waals surface area contributed by atoms with Crippen LogP contribution >= 0.6 is 24.0 Å². The van der Waals surface area contributed by atoms with Gasteiger partial charge in [-0.3, -0.25) is 4.99 Å². The van der Waals surface area contributed by atoms with Crippen LogP contribution in [0.4, 0.5) is 0 Å². The normalized spacial score (nSPS) is 19.0. The number of hydrogen-bond donors (Lipinski definition) is 1. The number of likely N-dealkylation sites (N-methyl/N-ethyl adjacent to an activating group) is 1. The molecule has 0 aliphatic carbocycles. The van der Waals surface area contributed by atoms with E-state index in [1.54, 1.807) is 0 Å². The molecule has 1 aliphatic heterocycles. The van der Waals surface area contributed by atoms with Gasteiger partial charge in [0.1, 0.15) is 12.4 Å². The van der Waals surface area contributed by atoms with Gasteiger partial charge in [0.05, 0.1) is 12.4 Å². The molecule has 1 aromatic carbocycles. The predicted molar refractivity (Wildman–Crippen MR) is 142 cm³/mol. The Bertz CT molecular complexity index is 791. The molecule has 2 atom stereocenters. The largest absolute Gasteiger partial charge is 0.492 e. The number of halogens is 1. The minimum absolute atomic E-state index is 0. The van der Waals surface area contributed by atoms with Gasteiger partial charge in [-0.2, -0.15) is 0 Å². The van der Waals surface area contributed by atoms with E-state index < -0.39 is 0 Å². The van der Waals surface area contributed by atoms with Crippen LogP contribution < -0.4 is 10.1 Å². The molecule has 2 unspecified atom stereocenters. The van der Waals surface area contributed by atoms with E-state index in [1.165, 1.54) is 5.56 Å². The first-order chi connectivity index (χ1) is 15.1. The number of aromatic nitrogens is 2. The number of imidazole rings is 1. The Morgan fingerprint density at radius 1 is 1.25 bits per heavy atom. The van der Waals surface area contributed by atoms with Gasteiger partial charge in [0.15, 0.2) is 5.96 Å². The van der Waals surface area contributed by atoms with Crippen LogP contribution in [0.25, 0.3) is 0 Å². The molecule has 2 heterocycles. The molecule has 0 saturated carbocycles. The molecule has 1 aromatic heterocycles. The molecule has 7 nitrogen and oxygen atoms in total. The molecule has 1 N–H and O–H groups in total. The lowest BCUT2D eigenvalue weighted by Crippen LogP contribution is -2.48. The Hall–Kier alpha value is -1.81. The number of hydrogen-bond acceptors (Lipinski definition) is 4. The van der Waals surface area contributed by atoms with Gasteiger partial charge in [0.25, 0.3) is 0 Å². The monoisotopic (exact) mass is 554 g/mol. The van der Waals surface area contributed by atoms with Gasteiger partial charge in [0.2, 0.25) is 0 Å². The maximum Gasteiger partial charge on any atom is 0.193 e. The van der Waals surface area contributed by atoms with Crippen molar-refractivity contribution in [3.8, 4) is 5.75 Å². The standard InChI is InChI=1S/C24H38N6O.HI/c1-5-28(6-2)15-16-31-22-9-7-21(8-10-22)17-27-24(25-4)29-13-11-20(3)23(18-29)30-14-12-26-19-30;/h7-10,12,14,19-20,23H,5-6,11,13,15-18H2,1-4H3,(H,25,27);1H. The molecule has 2 aromatic rings. The number of guanidine groups is 1. The second kappa shape index (κ2) is 13.7. The third-order valence-corrected chi connectivity index (χ3v) is 6.28. The van der Waals surface area contributed by atoms with Gasteiger partial charge in [-0.1, -0.05) is 32.9 Å². The van der Waals surface area contributed by atoms with E-state index in [9.17, 15) is 0 Å². The van der Waals surface area contributed by atoms with Crippen LogP contribution in [0.15, 0.2) is 48.0 Å². The highest BCUT2D eigenvalue weighted by atomic mass is 127. The SMILES string of the molecule is CCN(CC)CCOc1ccc(CNC(=NC)N2CCC(C)C(n3ccnc3)C2)cc1.I. The molecule has 8 heteroatoms. The van der Waals surface area contributed by atoms with Crippen molar-refractivity contribution in [3.63, 3.8) is 0 Å². The van der Waals surface area contributed by atoms with Crippen molar-refractivity contribution in [1.29, 1.82) is 0 Å². The molecule has 0 amide bonds. The quantitative estimate of drug-likeness (QED) is 0.290. The fourth-order valence-electron chi connectivity index (χ4n) is 4.14. The number of rotatable bonds is 9. The minimum Gasteiger partial charge on any atom is -0.492 e. The number of ether oxygens (including phenoxy) is 1. The van der Waals surface area contributed by atoms with E-state index in [1.807, 2.05) is 19.6 Å². The van der Waals surface area contributed by atoms with Crippen LogP contribution in [-0.4, -0.2) is 71.7 Å². The summed E-state index contributed by atoms with van der Waals surface area (Å²) >= 11 is 0. The summed E-state index contributed by atoms with van der Waals surface area (Å²) in [6, 6.07) is 8.78. The van der Waals surface area contributed by atoms with E-state index in [-0.39, 0.29) is 24.0 Å². The maximum absolute atomic E-state index is 5.89. The maximum atomic E-state index is 5.89. The molecular formula is C24H39IN6O. The summed E-state index contributed by atoms with van der Waals surface area (Å²) in [6.07, 6.45) is 6.98. The van der Waals surface area contributed by atoms with Crippen molar-refractivity contribution < 1.29 is 4.74 Å². The Kier molecular flexibility index (Phi) is 11.3. The highest BCUT2D eigenvalue weighted by molar-refractivity contribution is 14.0. The van der Waals surface area contributed by atoms with E-state index in [4.69, 9.17) is 4.74 Å². The van der Waals surface area contributed by atoms with Gasteiger partial charge >= 0.3 is 0 Å². The Morgan fingerprint density at radius 3 is 2.62 bits per heavy atom. The van der Waals surface area contributed by atoms with Gasteiger partial charge in [-0.15, -0.1) is 24.0 Å². The number of nitrogens with one attached hydrogen (secondary N) is 1. The predicted octanol–water partition coefficient (Wildman–Crippen LogP) is 3.88. The van der Waals surface area contributed by atoms with Crippen LogP contribution in [0.5, 0.6) is 5.75 Å². The smallest absolute Gasteiger partial charge is 0.193 e. The van der Waals surface area contributed by atoms with Crippen molar-refractivity contribution in [3.05, 3.63) is 48.5 Å². The van der Waals surface area contributed by atoms with Gasteiger partial charge in [-0.25, -0.2) is 4.98 Å². The summed E-state index contributed by atoms with van der Waals surface area (Å²) in [5.74, 6) is 2.50. The first-order valence-corrected chi connectivity index (χ1v) is 11.5. The van der Waals surface area contributed by atoms with Gasteiger partial charge < -0.3 is 24.4 Å². The third-order valence-electron chi connectivity index (χ3n) is 6.28. The molecule has 1 saturated heterocycles. The summed E-state index contributed by atoms with van der Waals surface area (Å²) in [7, 11) is 1.86. The van der Waals surface area contributed by atoms with Crippen molar-refractivity contribution in [2.45, 2.75) is 39.8 Å². The van der Waals surface area contributed by atoms with Crippen LogP contribution in [-0.2, 0) is 6.54 Å². The number of likely N-dealkylation sites (tertiary alicyclic amines) is 1. The average molecular weight is 555 g/mol. The topological polar surface area (TPSA) is 57.9 Å². The summed E-state index contributed by atoms with van der Waals surface area (Å²) in [6.45, 7) is 13.2. The van der Waals surface area contributed by atoms with Crippen LogP contribution in [0.2, 0.25) is 0 Å². The van der Waals surface area contributed by atoms with Crippen LogP contribution in [0.1, 0.15) is 38.8 Å². The third kappa shape index (κ3) is 7.37. The van der Waals surface area contributed by atoms with Crippen LogP contribution in [0.3, 0.4) is 0 Å². The molecule has 1 fully saturated rings. The molecule has 32 heavy (non-hydrogen) atoms. The van der Waals surface area contributed by atoms with Gasteiger partial charge in [0, 0.05) is 45.6 Å². The lowest BCUT2D eigenvalue weighted by molar-refractivity contribution is 0.189. The summed E-state index contributed by atoms with van der Waals surface area (Å²) in [4.78, 5) is 13.5. The van der Waals surface area contributed by atoms with Crippen molar-refractivity contribution >= 4 is 29.9 Å². The van der Waals surface area contributed by atoms with Crippen molar-refractivity contribution in [2.24, 2.45) is 10.9 Å². The minimum atomic E-state index is 0. The Balaban J connectivity index is 0.00000363. The molecule has 0 radical (unpaired) electrons. The number of aliphatic imine (C=N–C) groups is 1. The fraction of sp³-hybridized carbons (Fsp3) is 0.583. The highest BCUT2D eigenvalue weighted by Crippen LogP contribution is 2.27. The number of piperidine rings is 1. The first-order valence-electron chi connectivity index (χ1n) is 11.5. The van der Waals surface area contributed by atoms with E-state index in [0.29, 0.717) is 12.0 Å². The van der Waals surface area contributed by atoms with E-state index in [2.05, 4.69) is 80.9 Å². The van der Waals surface area contributed by atoms with Crippen molar-refractivity contribution in [2.75, 3.05) is 46.4 Å². The highest BCUT2D eigenvalue weighted by Gasteiger charge is 2.28. The Labute approximate surface area is 210 Å². The van der Waals surface area contributed by atoms with Crippen molar-refractivity contribution in [1.82, 2.24) is 24.7 Å².